The van der Waals surface area contributed by atoms with Gasteiger partial charge in [-0.15, -0.1) is 0 Å². The lowest BCUT2D eigenvalue weighted by Crippen LogP contribution is -2.24. The molecule has 0 unspecified atom stereocenters. The van der Waals surface area contributed by atoms with E-state index in [9.17, 15) is 9.59 Å². The van der Waals surface area contributed by atoms with Crippen molar-refractivity contribution in [2.24, 2.45) is 5.10 Å². The van der Waals surface area contributed by atoms with E-state index in [1.54, 1.807) is 24.3 Å². The second-order valence-electron chi connectivity index (χ2n) is 5.36. The Hall–Kier alpha value is -2.39. The van der Waals surface area contributed by atoms with Crippen LogP contribution in [0.5, 0.6) is 11.5 Å². The zero-order chi connectivity index (χ0) is 19.8. The number of carbonyl (C=O) groups excluding carboxylic acids is 1. The quantitative estimate of drug-likeness (QED) is 0.428. The largest absolute Gasteiger partial charge is 0.481 e. The van der Waals surface area contributed by atoms with Crippen molar-refractivity contribution >= 4 is 50.0 Å². The van der Waals surface area contributed by atoms with Crippen molar-refractivity contribution in [3.63, 3.8) is 0 Å². The van der Waals surface area contributed by atoms with Gasteiger partial charge in [-0.2, -0.15) is 5.10 Å². The Morgan fingerprint density at radius 3 is 2.48 bits per heavy atom. The van der Waals surface area contributed by atoms with Gasteiger partial charge in [0, 0.05) is 5.56 Å². The molecule has 7 nitrogen and oxygen atoms in total. The number of nitrogens with zero attached hydrogens (tertiary/aromatic N) is 1. The van der Waals surface area contributed by atoms with Gasteiger partial charge in [0.25, 0.3) is 5.91 Å². The summed E-state index contributed by atoms with van der Waals surface area (Å²) in [6.07, 6.45) is 1.37. The Morgan fingerprint density at radius 2 is 1.81 bits per heavy atom. The van der Waals surface area contributed by atoms with Gasteiger partial charge in [0.2, 0.25) is 0 Å². The molecule has 0 aliphatic heterocycles. The predicted molar refractivity (Wildman–Crippen MR) is 107 cm³/mol. The first-order chi connectivity index (χ1) is 12.9. The van der Waals surface area contributed by atoms with Crippen molar-refractivity contribution in [2.75, 3.05) is 13.2 Å². The summed E-state index contributed by atoms with van der Waals surface area (Å²) in [5.41, 5.74) is 3.92. The maximum atomic E-state index is 11.9. The number of carboxylic acids is 1. The first-order valence-corrected chi connectivity index (χ1v) is 9.29. The molecule has 0 saturated heterocycles. The van der Waals surface area contributed by atoms with Crippen LogP contribution >= 0.6 is 31.9 Å². The molecule has 1 amide bonds. The molecule has 0 fully saturated rings. The zero-order valence-corrected chi connectivity index (χ0v) is 17.4. The first kappa shape index (κ1) is 20.9. The average molecular weight is 500 g/mol. The number of aliphatic carboxylic acids is 1. The number of benzene rings is 2. The maximum absolute atomic E-state index is 11.9. The van der Waals surface area contributed by atoms with Crippen LogP contribution in [0.25, 0.3) is 0 Å². The van der Waals surface area contributed by atoms with Crippen LogP contribution in [0.2, 0.25) is 0 Å². The van der Waals surface area contributed by atoms with Crippen LogP contribution in [0.1, 0.15) is 11.1 Å². The summed E-state index contributed by atoms with van der Waals surface area (Å²) in [6.45, 7) is 1.25. The second kappa shape index (κ2) is 10.1. The molecule has 0 aliphatic rings. The molecule has 2 aromatic carbocycles. The van der Waals surface area contributed by atoms with E-state index in [1.165, 1.54) is 6.21 Å². The lowest BCUT2D eigenvalue weighted by atomic mass is 10.2. The van der Waals surface area contributed by atoms with E-state index < -0.39 is 18.5 Å². The summed E-state index contributed by atoms with van der Waals surface area (Å²) < 4.78 is 12.1. The number of aryl methyl sites for hydroxylation is 1. The zero-order valence-electron chi connectivity index (χ0n) is 14.2. The third-order valence-electron chi connectivity index (χ3n) is 3.15. The van der Waals surface area contributed by atoms with Crippen molar-refractivity contribution in [1.29, 1.82) is 0 Å². The van der Waals surface area contributed by atoms with Gasteiger partial charge in [-0.3, -0.25) is 4.79 Å². The van der Waals surface area contributed by atoms with E-state index in [0.717, 1.165) is 14.5 Å². The minimum absolute atomic E-state index is 0.227. The molecule has 0 aromatic heterocycles. The molecule has 2 aromatic rings. The van der Waals surface area contributed by atoms with Crippen molar-refractivity contribution in [1.82, 2.24) is 5.43 Å². The molecular formula is C18H16Br2N2O5. The van der Waals surface area contributed by atoms with Crippen LogP contribution in [-0.4, -0.2) is 36.4 Å². The van der Waals surface area contributed by atoms with E-state index in [-0.39, 0.29) is 6.61 Å². The van der Waals surface area contributed by atoms with Gasteiger partial charge in [-0.05, 0) is 68.6 Å². The number of para-hydroxylation sites is 1. The molecule has 142 valence electrons. The van der Waals surface area contributed by atoms with Crippen LogP contribution in [0.4, 0.5) is 0 Å². The molecule has 27 heavy (non-hydrogen) atoms. The molecule has 2 N–H and O–H groups in total. The number of carbonyl (C=O) groups is 2. The molecule has 0 saturated carbocycles. The molecule has 2 rings (SSSR count). The Kier molecular flexibility index (Phi) is 7.81. The van der Waals surface area contributed by atoms with Crippen molar-refractivity contribution in [3.8, 4) is 11.5 Å². The van der Waals surface area contributed by atoms with Crippen LogP contribution in [0.15, 0.2) is 50.4 Å². The van der Waals surface area contributed by atoms with E-state index >= 15 is 0 Å². The van der Waals surface area contributed by atoms with Gasteiger partial charge < -0.3 is 14.6 Å². The molecule has 9 heteroatoms. The first-order valence-electron chi connectivity index (χ1n) is 7.71. The fourth-order valence-corrected chi connectivity index (χ4v) is 3.67. The Bertz CT molecular complexity index is 848. The minimum Gasteiger partial charge on any atom is -0.481 e. The van der Waals surface area contributed by atoms with Crippen LogP contribution in [0, 0.1) is 6.92 Å². The van der Waals surface area contributed by atoms with E-state index in [2.05, 4.69) is 42.4 Å². The highest BCUT2D eigenvalue weighted by Gasteiger charge is 2.10. The van der Waals surface area contributed by atoms with E-state index in [0.29, 0.717) is 17.1 Å². The number of hydrazone groups is 1. The lowest BCUT2D eigenvalue weighted by molar-refractivity contribution is -0.139. The maximum Gasteiger partial charge on any atom is 0.341 e. The number of carboxylic acid groups (broad SMARTS) is 1. The SMILES string of the molecule is Cc1cc(Br)c(OCC(=O)NN=Cc2ccccc2OCC(=O)O)c(Br)c1. The van der Waals surface area contributed by atoms with Gasteiger partial charge in [0.1, 0.15) is 11.5 Å². The lowest BCUT2D eigenvalue weighted by Gasteiger charge is -2.10. The normalized spacial score (nSPS) is 10.6. The number of nitrogens with one attached hydrogen (secondary N) is 1. The number of halogens is 2. The number of amides is 1. The van der Waals surface area contributed by atoms with Crippen LogP contribution in [-0.2, 0) is 9.59 Å². The smallest absolute Gasteiger partial charge is 0.341 e. The van der Waals surface area contributed by atoms with Gasteiger partial charge in [-0.25, -0.2) is 10.2 Å². The summed E-state index contributed by atoms with van der Waals surface area (Å²) in [6, 6.07) is 10.5. The van der Waals surface area contributed by atoms with Crippen molar-refractivity contribution in [2.45, 2.75) is 6.92 Å². The Morgan fingerprint density at radius 1 is 1.15 bits per heavy atom. The van der Waals surface area contributed by atoms with Crippen LogP contribution in [0.3, 0.4) is 0 Å². The number of hydrogen-bond acceptors (Lipinski definition) is 5. The molecule has 0 aliphatic carbocycles. The van der Waals surface area contributed by atoms with Gasteiger partial charge in [-0.1, -0.05) is 12.1 Å². The summed E-state index contributed by atoms with van der Waals surface area (Å²) in [5, 5.41) is 12.5. The van der Waals surface area contributed by atoms with E-state index in [4.69, 9.17) is 14.6 Å². The van der Waals surface area contributed by atoms with Gasteiger partial charge in [0.15, 0.2) is 13.2 Å². The highest BCUT2D eigenvalue weighted by molar-refractivity contribution is 9.11. The molecule has 0 radical (unpaired) electrons. The summed E-state index contributed by atoms with van der Waals surface area (Å²) in [7, 11) is 0. The molecule has 0 atom stereocenters. The topological polar surface area (TPSA) is 97.2 Å². The number of hydrogen-bond donors (Lipinski definition) is 2. The molecule has 0 spiro atoms. The summed E-state index contributed by atoms with van der Waals surface area (Å²) in [4.78, 5) is 22.5. The molecular weight excluding hydrogens is 484 g/mol. The Balaban J connectivity index is 1.92. The summed E-state index contributed by atoms with van der Waals surface area (Å²) in [5.74, 6) is -0.663. The van der Waals surface area contributed by atoms with E-state index in [1.807, 2.05) is 19.1 Å². The monoisotopic (exact) mass is 498 g/mol. The van der Waals surface area contributed by atoms with Crippen molar-refractivity contribution < 1.29 is 24.2 Å². The second-order valence-corrected chi connectivity index (χ2v) is 7.07. The molecule has 0 bridgehead atoms. The third-order valence-corrected chi connectivity index (χ3v) is 4.33. The van der Waals surface area contributed by atoms with Gasteiger partial charge >= 0.3 is 5.97 Å². The average Bonchev–Trinajstić information content (AvgIpc) is 2.60. The molecule has 0 heterocycles. The predicted octanol–water partition coefficient (Wildman–Crippen LogP) is 3.51. The highest BCUT2D eigenvalue weighted by atomic mass is 79.9. The summed E-state index contributed by atoms with van der Waals surface area (Å²) >= 11 is 6.78. The highest BCUT2D eigenvalue weighted by Crippen LogP contribution is 2.34. The number of rotatable bonds is 8. The Labute approximate surface area is 172 Å². The fourth-order valence-electron chi connectivity index (χ4n) is 2.03. The van der Waals surface area contributed by atoms with Crippen molar-refractivity contribution in [3.05, 3.63) is 56.5 Å². The fraction of sp³-hybridized carbons (Fsp3) is 0.167. The van der Waals surface area contributed by atoms with Gasteiger partial charge in [0.05, 0.1) is 15.2 Å². The minimum atomic E-state index is -1.08. The number of ether oxygens (including phenoxy) is 2. The van der Waals surface area contributed by atoms with Crippen LogP contribution < -0.4 is 14.9 Å². The third kappa shape index (κ3) is 6.69. The standard InChI is InChI=1S/C18H16Br2N2O5/c1-11-6-13(19)18(14(20)7-11)27-9-16(23)22-21-8-12-4-2-3-5-15(12)26-10-17(24)25/h2-8H,9-10H2,1H3,(H,22,23)(H,24,25).